The second kappa shape index (κ2) is 5.61. The summed E-state index contributed by atoms with van der Waals surface area (Å²) in [4.78, 5) is -0.235. The van der Waals surface area contributed by atoms with E-state index in [1.165, 1.54) is 18.2 Å². The highest BCUT2D eigenvalue weighted by Gasteiger charge is 2.15. The molecule has 0 aliphatic carbocycles. The molecule has 2 aromatic carbocycles. The van der Waals surface area contributed by atoms with Crippen LogP contribution in [0, 0.1) is 11.6 Å². The third-order valence-electron chi connectivity index (χ3n) is 2.82. The van der Waals surface area contributed by atoms with Crippen molar-refractivity contribution in [3.8, 4) is 0 Å². The SMILES string of the molecule is CS(=O)(=O)c1cccc(C(Br)c2ccc(F)c(F)c2)c1. The van der Waals surface area contributed by atoms with Gasteiger partial charge < -0.3 is 0 Å². The van der Waals surface area contributed by atoms with E-state index in [0.29, 0.717) is 11.1 Å². The van der Waals surface area contributed by atoms with Gasteiger partial charge in [0.05, 0.1) is 9.72 Å². The molecule has 0 spiro atoms. The number of rotatable bonds is 3. The molecule has 0 saturated heterocycles. The molecule has 0 aliphatic rings. The van der Waals surface area contributed by atoms with Crippen LogP contribution in [0.3, 0.4) is 0 Å². The van der Waals surface area contributed by atoms with Gasteiger partial charge in [-0.15, -0.1) is 0 Å². The fraction of sp³-hybridized carbons (Fsp3) is 0.143. The third kappa shape index (κ3) is 3.24. The second-order valence-electron chi connectivity index (χ2n) is 4.38. The summed E-state index contributed by atoms with van der Waals surface area (Å²) in [5.41, 5.74) is 1.16. The molecular weight excluding hydrogens is 350 g/mol. The lowest BCUT2D eigenvalue weighted by atomic mass is 10.0. The van der Waals surface area contributed by atoms with E-state index in [2.05, 4.69) is 15.9 Å². The summed E-state index contributed by atoms with van der Waals surface area (Å²) >= 11 is 3.37. The third-order valence-corrected chi connectivity index (χ3v) is 4.98. The maximum Gasteiger partial charge on any atom is 0.175 e. The van der Waals surface area contributed by atoms with Crippen molar-refractivity contribution in [1.29, 1.82) is 0 Å². The van der Waals surface area contributed by atoms with E-state index in [9.17, 15) is 17.2 Å². The minimum absolute atomic E-state index is 0.182. The van der Waals surface area contributed by atoms with Gasteiger partial charge in [0.25, 0.3) is 0 Å². The molecule has 0 N–H and O–H groups in total. The van der Waals surface area contributed by atoms with E-state index in [1.54, 1.807) is 12.1 Å². The maximum atomic E-state index is 13.2. The largest absolute Gasteiger partial charge is 0.224 e. The molecule has 0 fully saturated rings. The van der Waals surface area contributed by atoms with Gasteiger partial charge in [0, 0.05) is 6.26 Å². The molecule has 20 heavy (non-hydrogen) atoms. The van der Waals surface area contributed by atoms with Crippen LogP contribution in [0.2, 0.25) is 0 Å². The van der Waals surface area contributed by atoms with Gasteiger partial charge in [-0.25, -0.2) is 17.2 Å². The van der Waals surface area contributed by atoms with Crippen molar-refractivity contribution >= 4 is 25.8 Å². The Morgan fingerprint density at radius 3 is 2.25 bits per heavy atom. The molecule has 0 bridgehead atoms. The number of sulfone groups is 1. The van der Waals surface area contributed by atoms with Crippen molar-refractivity contribution in [2.75, 3.05) is 6.26 Å². The fourth-order valence-corrected chi connectivity index (χ4v) is 3.01. The van der Waals surface area contributed by atoms with Crippen molar-refractivity contribution in [3.63, 3.8) is 0 Å². The molecule has 0 aliphatic heterocycles. The molecule has 1 unspecified atom stereocenters. The molecule has 2 rings (SSSR count). The molecule has 0 saturated carbocycles. The topological polar surface area (TPSA) is 34.1 Å². The molecule has 6 heteroatoms. The lowest BCUT2D eigenvalue weighted by molar-refractivity contribution is 0.507. The highest BCUT2D eigenvalue weighted by molar-refractivity contribution is 9.09. The van der Waals surface area contributed by atoms with Crippen LogP contribution < -0.4 is 0 Å². The Balaban J connectivity index is 2.43. The lowest BCUT2D eigenvalue weighted by Crippen LogP contribution is -2.00. The van der Waals surface area contributed by atoms with E-state index in [-0.39, 0.29) is 4.90 Å². The van der Waals surface area contributed by atoms with Gasteiger partial charge in [0.15, 0.2) is 21.5 Å². The fourth-order valence-electron chi connectivity index (χ4n) is 1.77. The van der Waals surface area contributed by atoms with Gasteiger partial charge >= 0.3 is 0 Å². The molecule has 0 amide bonds. The summed E-state index contributed by atoms with van der Waals surface area (Å²) in [6.07, 6.45) is 1.12. The van der Waals surface area contributed by atoms with Gasteiger partial charge in [0.1, 0.15) is 0 Å². The van der Waals surface area contributed by atoms with Crippen LogP contribution in [0.1, 0.15) is 16.0 Å². The van der Waals surface area contributed by atoms with E-state index in [1.807, 2.05) is 0 Å². The predicted octanol–water partition coefficient (Wildman–Crippen LogP) is 3.85. The smallest absolute Gasteiger partial charge is 0.175 e. The highest BCUT2D eigenvalue weighted by atomic mass is 79.9. The monoisotopic (exact) mass is 360 g/mol. The van der Waals surface area contributed by atoms with Crippen molar-refractivity contribution in [1.82, 2.24) is 0 Å². The number of hydrogen-bond acceptors (Lipinski definition) is 2. The summed E-state index contributed by atoms with van der Waals surface area (Å²) in [6, 6.07) is 9.90. The minimum atomic E-state index is -3.31. The predicted molar refractivity (Wildman–Crippen MR) is 76.7 cm³/mol. The molecule has 2 nitrogen and oxygen atoms in total. The van der Waals surface area contributed by atoms with Crippen LogP contribution in [0.15, 0.2) is 47.4 Å². The summed E-state index contributed by atoms with van der Waals surface area (Å²) in [6.45, 7) is 0. The van der Waals surface area contributed by atoms with Crippen LogP contribution in [0.5, 0.6) is 0 Å². The average Bonchev–Trinajstić information content (AvgIpc) is 2.40. The Labute approximate surface area is 124 Å². The van der Waals surface area contributed by atoms with E-state index < -0.39 is 26.3 Å². The summed E-state index contributed by atoms with van der Waals surface area (Å²) in [5.74, 6) is -1.86. The molecule has 2 aromatic rings. The van der Waals surface area contributed by atoms with Crippen molar-refractivity contribution in [2.45, 2.75) is 9.72 Å². The summed E-state index contributed by atoms with van der Waals surface area (Å²) in [5, 5.41) is 0. The minimum Gasteiger partial charge on any atom is -0.224 e. The number of alkyl halides is 1. The van der Waals surface area contributed by atoms with Crippen LogP contribution in [-0.4, -0.2) is 14.7 Å². The highest BCUT2D eigenvalue weighted by Crippen LogP contribution is 2.32. The number of benzene rings is 2. The van der Waals surface area contributed by atoms with Gasteiger partial charge in [-0.05, 0) is 35.4 Å². The standard InChI is InChI=1S/C14H11BrF2O2S/c1-20(18,19)11-4-2-3-9(7-11)14(15)10-5-6-12(16)13(17)8-10/h2-8,14H,1H3. The number of halogens is 3. The first-order valence-corrected chi connectivity index (χ1v) is 8.49. The Hall–Kier alpha value is -1.27. The van der Waals surface area contributed by atoms with E-state index in [4.69, 9.17) is 0 Å². The van der Waals surface area contributed by atoms with Crippen molar-refractivity contribution < 1.29 is 17.2 Å². The summed E-state index contributed by atoms with van der Waals surface area (Å²) < 4.78 is 49.2. The van der Waals surface area contributed by atoms with Crippen LogP contribution >= 0.6 is 15.9 Å². The molecule has 0 heterocycles. The van der Waals surface area contributed by atoms with Crippen molar-refractivity contribution in [3.05, 3.63) is 65.2 Å². The summed E-state index contributed by atoms with van der Waals surface area (Å²) in [7, 11) is -3.31. The zero-order valence-corrected chi connectivity index (χ0v) is 12.9. The van der Waals surface area contributed by atoms with Crippen molar-refractivity contribution in [2.24, 2.45) is 0 Å². The average molecular weight is 361 g/mol. The van der Waals surface area contributed by atoms with Gasteiger partial charge in [0.2, 0.25) is 0 Å². The van der Waals surface area contributed by atoms with Gasteiger partial charge in [-0.2, -0.15) is 0 Å². The normalized spacial score (nSPS) is 13.2. The quantitative estimate of drug-likeness (QED) is 0.779. The van der Waals surface area contributed by atoms with Gasteiger partial charge in [-0.3, -0.25) is 0 Å². The Morgan fingerprint density at radius 2 is 1.65 bits per heavy atom. The molecule has 106 valence electrons. The Morgan fingerprint density at radius 1 is 1.00 bits per heavy atom. The van der Waals surface area contributed by atoms with Gasteiger partial charge in [-0.1, -0.05) is 34.1 Å². The van der Waals surface area contributed by atoms with E-state index in [0.717, 1.165) is 18.4 Å². The molecule has 0 aromatic heterocycles. The number of hydrogen-bond donors (Lipinski definition) is 0. The van der Waals surface area contributed by atoms with Crippen LogP contribution in [0.4, 0.5) is 8.78 Å². The molecular formula is C14H11BrF2O2S. The first-order valence-electron chi connectivity index (χ1n) is 5.68. The molecule has 0 radical (unpaired) electrons. The zero-order valence-electron chi connectivity index (χ0n) is 10.5. The second-order valence-corrected chi connectivity index (χ2v) is 7.31. The van der Waals surface area contributed by atoms with Crippen LogP contribution in [0.25, 0.3) is 0 Å². The van der Waals surface area contributed by atoms with E-state index >= 15 is 0 Å². The lowest BCUT2D eigenvalue weighted by Gasteiger charge is -2.12. The Bertz CT molecular complexity index is 745. The van der Waals surface area contributed by atoms with Crippen LogP contribution in [-0.2, 0) is 9.84 Å². The molecule has 1 atom stereocenters. The zero-order chi connectivity index (χ0) is 14.9. The first-order chi connectivity index (χ1) is 9.29. The Kier molecular flexibility index (Phi) is 4.25. The maximum absolute atomic E-state index is 13.2. The first kappa shape index (κ1) is 15.1.